The summed E-state index contributed by atoms with van der Waals surface area (Å²) in [7, 11) is 0. The van der Waals surface area contributed by atoms with Crippen molar-refractivity contribution in [2.75, 3.05) is 31.2 Å². The fraction of sp³-hybridized carbons (Fsp3) is 0.435. The lowest BCUT2D eigenvalue weighted by atomic mass is 10.1. The number of carbonyl (C=O) groups excluding carboxylic acids is 1. The first-order chi connectivity index (χ1) is 14.1. The smallest absolute Gasteiger partial charge is 0.318 e. The number of rotatable bonds is 6. The van der Waals surface area contributed by atoms with Gasteiger partial charge in [0.1, 0.15) is 5.82 Å². The van der Waals surface area contributed by atoms with E-state index >= 15 is 0 Å². The van der Waals surface area contributed by atoms with Gasteiger partial charge >= 0.3 is 6.03 Å². The van der Waals surface area contributed by atoms with Crippen LogP contribution in [0.15, 0.2) is 48.5 Å². The van der Waals surface area contributed by atoms with Crippen molar-refractivity contribution in [1.82, 2.24) is 10.2 Å². The molecule has 2 aromatic rings. The maximum atomic E-state index is 13.5. The first kappa shape index (κ1) is 19.7. The number of hydrogen-bond acceptors (Lipinski definition) is 3. The Kier molecular flexibility index (Phi) is 6.00. The molecule has 0 bridgehead atoms. The van der Waals surface area contributed by atoms with Gasteiger partial charge in [0.25, 0.3) is 0 Å². The Labute approximate surface area is 171 Å². The molecule has 1 N–H and O–H groups in total. The summed E-state index contributed by atoms with van der Waals surface area (Å²) in [5.74, 6) is -0.271. The molecule has 1 unspecified atom stereocenters. The van der Waals surface area contributed by atoms with Crippen LogP contribution in [-0.2, 0) is 11.3 Å². The highest BCUT2D eigenvalue weighted by atomic mass is 19.1. The van der Waals surface area contributed by atoms with Gasteiger partial charge in [-0.3, -0.25) is 0 Å². The van der Waals surface area contributed by atoms with E-state index in [0.717, 1.165) is 50.3 Å². The maximum absolute atomic E-state index is 13.5. The molecule has 5 nitrogen and oxygen atoms in total. The highest BCUT2D eigenvalue weighted by Crippen LogP contribution is 2.29. The van der Waals surface area contributed by atoms with E-state index in [9.17, 15) is 9.18 Å². The number of carbonyl (C=O) groups is 1. The van der Waals surface area contributed by atoms with Crippen molar-refractivity contribution in [2.24, 2.45) is 0 Å². The van der Waals surface area contributed by atoms with Crippen molar-refractivity contribution in [1.29, 1.82) is 0 Å². The maximum Gasteiger partial charge on any atom is 0.318 e. The second-order valence-corrected chi connectivity index (χ2v) is 7.85. The van der Waals surface area contributed by atoms with Crippen LogP contribution in [0.1, 0.15) is 36.9 Å². The predicted octanol–water partition coefficient (Wildman–Crippen LogP) is 4.10. The second-order valence-electron chi connectivity index (χ2n) is 7.85. The Morgan fingerprint density at radius 1 is 1.21 bits per heavy atom. The minimum Gasteiger partial charge on any atom is -0.378 e. The van der Waals surface area contributed by atoms with Crippen LogP contribution in [-0.4, -0.2) is 43.3 Å². The van der Waals surface area contributed by atoms with Crippen LogP contribution in [0.3, 0.4) is 0 Å². The number of anilines is 1. The first-order valence-corrected chi connectivity index (χ1v) is 10.3. The molecule has 4 rings (SSSR count). The molecular formula is C23H28FN3O2. The molecule has 0 radical (unpaired) electrons. The number of halogens is 1. The molecule has 29 heavy (non-hydrogen) atoms. The fourth-order valence-corrected chi connectivity index (χ4v) is 3.73. The predicted molar refractivity (Wildman–Crippen MR) is 111 cm³/mol. The lowest BCUT2D eigenvalue weighted by Crippen LogP contribution is -2.42. The van der Waals surface area contributed by atoms with Crippen molar-refractivity contribution in [3.63, 3.8) is 0 Å². The Morgan fingerprint density at radius 3 is 2.59 bits per heavy atom. The van der Waals surface area contributed by atoms with Crippen LogP contribution in [0.4, 0.5) is 14.9 Å². The van der Waals surface area contributed by atoms with Crippen molar-refractivity contribution in [3.8, 4) is 0 Å². The highest BCUT2D eigenvalue weighted by molar-refractivity contribution is 5.75. The molecule has 6 heteroatoms. The highest BCUT2D eigenvalue weighted by Gasteiger charge is 2.33. The molecule has 154 valence electrons. The summed E-state index contributed by atoms with van der Waals surface area (Å²) in [6, 6.07) is 14.9. The Balaban J connectivity index is 1.38. The number of benzene rings is 2. The standard InChI is InChI=1S/C23H28FN3O2/c1-17(19-5-7-21(8-6-19)26-11-13-29-14-12-26)25-23(28)27(22-9-10-22)16-18-3-2-4-20(24)15-18/h2-8,15,17,22H,9-14,16H2,1H3,(H,25,28). The van der Waals surface area contributed by atoms with Gasteiger partial charge in [-0.15, -0.1) is 0 Å². The lowest BCUT2D eigenvalue weighted by Gasteiger charge is -2.29. The Hall–Kier alpha value is -2.60. The molecule has 2 amide bonds. The van der Waals surface area contributed by atoms with Crippen molar-refractivity contribution in [3.05, 3.63) is 65.5 Å². The van der Waals surface area contributed by atoms with Crippen LogP contribution in [0.2, 0.25) is 0 Å². The van der Waals surface area contributed by atoms with E-state index < -0.39 is 0 Å². The average Bonchev–Trinajstić information content (AvgIpc) is 3.58. The summed E-state index contributed by atoms with van der Waals surface area (Å²) < 4.78 is 18.9. The molecule has 2 aliphatic rings. The van der Waals surface area contributed by atoms with Gasteiger partial charge < -0.3 is 19.9 Å². The number of urea groups is 1. The van der Waals surface area contributed by atoms with E-state index in [-0.39, 0.29) is 23.9 Å². The SMILES string of the molecule is CC(NC(=O)N(Cc1cccc(F)c1)C1CC1)c1ccc(N2CCOCC2)cc1. The van der Waals surface area contributed by atoms with Crippen LogP contribution in [0.5, 0.6) is 0 Å². The third kappa shape index (κ3) is 5.07. The third-order valence-electron chi connectivity index (χ3n) is 5.60. The van der Waals surface area contributed by atoms with Gasteiger partial charge in [-0.1, -0.05) is 24.3 Å². The van der Waals surface area contributed by atoms with Crippen molar-refractivity contribution in [2.45, 2.75) is 38.4 Å². The van der Waals surface area contributed by atoms with E-state index in [4.69, 9.17) is 4.74 Å². The number of hydrogen-bond donors (Lipinski definition) is 1. The van der Waals surface area contributed by atoms with E-state index in [0.29, 0.717) is 6.54 Å². The number of morpholine rings is 1. The zero-order chi connectivity index (χ0) is 20.2. The molecule has 1 saturated heterocycles. The normalized spacial score (nSPS) is 17.7. The number of amides is 2. The molecule has 1 atom stereocenters. The summed E-state index contributed by atoms with van der Waals surface area (Å²) in [5, 5.41) is 3.11. The fourth-order valence-electron chi connectivity index (χ4n) is 3.73. The van der Waals surface area contributed by atoms with Crippen LogP contribution >= 0.6 is 0 Å². The number of nitrogens with one attached hydrogen (secondary N) is 1. The molecule has 1 heterocycles. The summed E-state index contributed by atoms with van der Waals surface area (Å²) in [6.45, 7) is 5.75. The first-order valence-electron chi connectivity index (χ1n) is 10.3. The zero-order valence-corrected chi connectivity index (χ0v) is 16.8. The summed E-state index contributed by atoms with van der Waals surface area (Å²) in [4.78, 5) is 17.0. The van der Waals surface area contributed by atoms with E-state index in [1.807, 2.05) is 17.9 Å². The number of ether oxygens (including phenoxy) is 1. The van der Waals surface area contributed by atoms with Crippen LogP contribution < -0.4 is 10.2 Å². The minimum atomic E-state index is -0.271. The monoisotopic (exact) mass is 397 g/mol. The molecule has 1 aliphatic carbocycles. The minimum absolute atomic E-state index is 0.0958. The topological polar surface area (TPSA) is 44.8 Å². The third-order valence-corrected chi connectivity index (χ3v) is 5.60. The molecule has 0 spiro atoms. The van der Waals surface area contributed by atoms with E-state index in [1.54, 1.807) is 6.07 Å². The van der Waals surface area contributed by atoms with Crippen LogP contribution in [0.25, 0.3) is 0 Å². The molecule has 1 aliphatic heterocycles. The van der Waals surface area contributed by atoms with Gasteiger partial charge in [0.2, 0.25) is 0 Å². The Morgan fingerprint density at radius 2 is 1.93 bits per heavy atom. The summed E-state index contributed by atoms with van der Waals surface area (Å²) in [5.41, 5.74) is 3.06. The van der Waals surface area contributed by atoms with E-state index in [1.165, 1.54) is 17.8 Å². The van der Waals surface area contributed by atoms with Gasteiger partial charge in [0.05, 0.1) is 19.3 Å². The Bertz CT molecular complexity index is 832. The summed E-state index contributed by atoms with van der Waals surface area (Å²) >= 11 is 0. The molecule has 2 fully saturated rings. The van der Waals surface area contributed by atoms with Crippen LogP contribution in [0, 0.1) is 5.82 Å². The molecule has 1 saturated carbocycles. The quantitative estimate of drug-likeness (QED) is 0.798. The van der Waals surface area contributed by atoms with Gasteiger partial charge in [-0.2, -0.15) is 0 Å². The zero-order valence-electron chi connectivity index (χ0n) is 16.8. The summed E-state index contributed by atoms with van der Waals surface area (Å²) in [6.07, 6.45) is 2.01. The number of nitrogens with zero attached hydrogens (tertiary/aromatic N) is 2. The molecule has 0 aromatic heterocycles. The average molecular weight is 397 g/mol. The molecular weight excluding hydrogens is 369 g/mol. The van der Waals surface area contributed by atoms with Gasteiger partial charge in [0, 0.05) is 31.4 Å². The van der Waals surface area contributed by atoms with Crippen molar-refractivity contribution < 1.29 is 13.9 Å². The second kappa shape index (κ2) is 8.82. The molecule has 2 aromatic carbocycles. The van der Waals surface area contributed by atoms with Gasteiger partial charge in [-0.05, 0) is 55.2 Å². The van der Waals surface area contributed by atoms with Crippen molar-refractivity contribution >= 4 is 11.7 Å². The lowest BCUT2D eigenvalue weighted by molar-refractivity contribution is 0.122. The van der Waals surface area contributed by atoms with Gasteiger partial charge in [-0.25, -0.2) is 9.18 Å². The largest absolute Gasteiger partial charge is 0.378 e. The van der Waals surface area contributed by atoms with Gasteiger partial charge in [0.15, 0.2) is 0 Å². The van der Waals surface area contributed by atoms with E-state index in [2.05, 4.69) is 34.5 Å².